The van der Waals surface area contributed by atoms with Gasteiger partial charge in [-0.2, -0.15) is 0 Å². The van der Waals surface area contributed by atoms with Crippen molar-refractivity contribution in [1.29, 1.82) is 0 Å². The quantitative estimate of drug-likeness (QED) is 0.173. The van der Waals surface area contributed by atoms with Gasteiger partial charge in [0.25, 0.3) is 0 Å². The predicted molar refractivity (Wildman–Crippen MR) is 95.4 cm³/mol. The molecule has 0 bridgehead atoms. The second-order valence-corrected chi connectivity index (χ2v) is 9.49. The fourth-order valence-electron chi connectivity index (χ4n) is 2.63. The number of nitrogens with two attached hydrogens (primary N) is 1. The summed E-state index contributed by atoms with van der Waals surface area (Å²) in [6.07, 6.45) is -2.55. The molecular weight excluding hydrogens is 451 g/mol. The average molecular weight is 465 g/mol. The number of aliphatic hydroxyl groups excluding tert-OH is 2. The normalized spacial score (nSPS) is 27.4. The van der Waals surface area contributed by atoms with Crippen LogP contribution in [0.4, 0.5) is 5.82 Å². The number of aliphatic hydroxyl groups is 2. The molecule has 0 aliphatic carbocycles. The van der Waals surface area contributed by atoms with Gasteiger partial charge in [0.2, 0.25) is 0 Å². The molecule has 18 heteroatoms. The van der Waals surface area contributed by atoms with Crippen LogP contribution in [0, 0.1) is 0 Å². The number of fused-ring (bicyclic) bond motifs is 1. The molecule has 2 aromatic rings. The molecule has 1 aliphatic heterocycles. The van der Waals surface area contributed by atoms with E-state index in [-0.39, 0.29) is 17.0 Å². The number of hydrogen-bond acceptors (Lipinski definition) is 14. The molecule has 0 unspecified atom stereocenters. The minimum atomic E-state index is -5.67. The van der Waals surface area contributed by atoms with E-state index in [1.54, 1.807) is 6.26 Å². The molecule has 3 heterocycles. The third-order valence-electron chi connectivity index (χ3n) is 3.85. The second kappa shape index (κ2) is 8.23. The van der Waals surface area contributed by atoms with Crippen molar-refractivity contribution in [3.63, 3.8) is 0 Å². The second-order valence-electron chi connectivity index (χ2n) is 5.83. The Kier molecular flexibility index (Phi) is 6.42. The Labute approximate surface area is 168 Å². The van der Waals surface area contributed by atoms with Gasteiger partial charge in [0.1, 0.15) is 23.8 Å². The van der Waals surface area contributed by atoms with Gasteiger partial charge in [0.15, 0.2) is 22.8 Å². The molecule has 0 aromatic carbocycles. The Balaban J connectivity index is 1.80. The Morgan fingerprint density at radius 2 is 2.07 bits per heavy atom. The molecule has 0 amide bonds. The van der Waals surface area contributed by atoms with Crippen molar-refractivity contribution in [3.05, 3.63) is 6.33 Å². The van der Waals surface area contributed by atoms with Gasteiger partial charge in [-0.25, -0.2) is 15.0 Å². The van der Waals surface area contributed by atoms with E-state index in [1.165, 1.54) is 22.7 Å². The first-order chi connectivity index (χ1) is 13.4. The highest BCUT2D eigenvalue weighted by molar-refractivity contribution is 7.98. The number of aromatic nitrogens is 4. The van der Waals surface area contributed by atoms with Gasteiger partial charge in [-0.15, -0.1) is 0 Å². The highest BCUT2D eigenvalue weighted by Gasteiger charge is 2.44. The van der Waals surface area contributed by atoms with E-state index in [0.29, 0.717) is 5.16 Å². The van der Waals surface area contributed by atoms with Gasteiger partial charge < -0.3 is 56.0 Å². The SMILES string of the molecule is [B-][P@@](=O)(OC[C@H]1O[C@@H](n2cnc3c(N)nc(SC)nc32)[C@H](O)[C@@H]1O)OP(=O)([O-])[O-]. The van der Waals surface area contributed by atoms with E-state index >= 15 is 0 Å². The summed E-state index contributed by atoms with van der Waals surface area (Å²) in [5, 5.41) is 20.9. The lowest BCUT2D eigenvalue weighted by Crippen LogP contribution is -2.33. The van der Waals surface area contributed by atoms with Crippen LogP contribution in [-0.4, -0.2) is 68.5 Å². The molecule has 5 atom stereocenters. The summed E-state index contributed by atoms with van der Waals surface area (Å²) in [5.74, 6) is 0.104. The van der Waals surface area contributed by atoms with E-state index in [9.17, 15) is 29.1 Å². The van der Waals surface area contributed by atoms with Gasteiger partial charge in [0.05, 0.1) is 28.2 Å². The minimum Gasteiger partial charge on any atom is -0.790 e. The van der Waals surface area contributed by atoms with Crippen molar-refractivity contribution in [2.75, 3.05) is 18.6 Å². The predicted octanol–water partition coefficient (Wildman–Crippen LogP) is -2.11. The highest BCUT2D eigenvalue weighted by atomic mass is 32.2. The zero-order valence-corrected chi connectivity index (χ0v) is 17.2. The van der Waals surface area contributed by atoms with Crippen molar-refractivity contribution < 1.29 is 42.7 Å². The topological polar surface area (TPSA) is 218 Å². The summed E-state index contributed by atoms with van der Waals surface area (Å²) in [4.78, 5) is 33.4. The van der Waals surface area contributed by atoms with Crippen LogP contribution < -0.4 is 15.5 Å². The van der Waals surface area contributed by atoms with E-state index in [4.69, 9.17) is 18.0 Å². The van der Waals surface area contributed by atoms with Gasteiger partial charge >= 0.3 is 0 Å². The van der Waals surface area contributed by atoms with Crippen LogP contribution in [0.1, 0.15) is 6.23 Å². The fraction of sp³-hybridized carbons (Fsp3) is 0.545. The van der Waals surface area contributed by atoms with Crippen LogP contribution in [0.5, 0.6) is 0 Å². The summed E-state index contributed by atoms with van der Waals surface area (Å²) in [6, 6.07) is 0. The van der Waals surface area contributed by atoms with Crippen molar-refractivity contribution >= 4 is 51.6 Å². The van der Waals surface area contributed by atoms with Crippen LogP contribution in [0.15, 0.2) is 11.5 Å². The molecular formula is C11H14BN5O9P2S-3. The fourth-order valence-corrected chi connectivity index (χ4v) is 4.66. The van der Waals surface area contributed by atoms with E-state index in [1.807, 2.05) is 0 Å². The smallest absolute Gasteiger partial charge is 0.191 e. The van der Waals surface area contributed by atoms with Crippen LogP contribution >= 0.6 is 27.1 Å². The number of thioether (sulfide) groups is 1. The molecule has 3 radical (unpaired) electrons. The van der Waals surface area contributed by atoms with Crippen LogP contribution in [0.2, 0.25) is 0 Å². The molecule has 1 aliphatic rings. The molecule has 2 aromatic heterocycles. The number of rotatable bonds is 7. The zero-order valence-electron chi connectivity index (χ0n) is 14.6. The number of hydrogen-bond donors (Lipinski definition) is 3. The van der Waals surface area contributed by atoms with E-state index in [0.717, 1.165) is 0 Å². The molecule has 29 heavy (non-hydrogen) atoms. The molecule has 14 nitrogen and oxygen atoms in total. The third kappa shape index (κ3) is 4.99. The molecule has 4 N–H and O–H groups in total. The molecule has 0 spiro atoms. The third-order valence-corrected chi connectivity index (χ3v) is 6.62. The zero-order chi connectivity index (χ0) is 21.6. The summed E-state index contributed by atoms with van der Waals surface area (Å²) in [6.45, 7) is -0.748. The maximum Gasteiger partial charge on any atom is 0.191 e. The highest BCUT2D eigenvalue weighted by Crippen LogP contribution is 2.53. The Morgan fingerprint density at radius 3 is 2.69 bits per heavy atom. The van der Waals surface area contributed by atoms with Crippen LogP contribution in [0.25, 0.3) is 11.2 Å². The monoisotopic (exact) mass is 465 g/mol. The largest absolute Gasteiger partial charge is 0.790 e. The van der Waals surface area contributed by atoms with Gasteiger partial charge in [-0.3, -0.25) is 4.57 Å². The summed E-state index contributed by atoms with van der Waals surface area (Å²) >= 11 is 1.22. The lowest BCUT2D eigenvalue weighted by Gasteiger charge is -2.38. The number of nitrogen functional groups attached to an aromatic ring is 1. The molecule has 0 saturated carbocycles. The van der Waals surface area contributed by atoms with Crippen molar-refractivity contribution in [1.82, 2.24) is 19.5 Å². The first kappa shape index (κ1) is 22.6. The van der Waals surface area contributed by atoms with Gasteiger partial charge in [0, 0.05) is 0 Å². The number of nitrogens with zero attached hydrogens (tertiary/aromatic N) is 4. The number of anilines is 1. The van der Waals surface area contributed by atoms with Crippen molar-refractivity contribution in [3.8, 4) is 0 Å². The molecule has 159 valence electrons. The Hall–Kier alpha value is -1.06. The summed E-state index contributed by atoms with van der Waals surface area (Å²) in [5.41, 5.74) is 6.31. The molecule has 1 saturated heterocycles. The lowest BCUT2D eigenvalue weighted by molar-refractivity contribution is -0.334. The average Bonchev–Trinajstić information content (AvgIpc) is 3.13. The van der Waals surface area contributed by atoms with Gasteiger partial charge in [-0.05, 0) is 6.26 Å². The van der Waals surface area contributed by atoms with Crippen molar-refractivity contribution in [2.45, 2.75) is 29.7 Å². The van der Waals surface area contributed by atoms with Crippen LogP contribution in [-0.2, 0) is 22.7 Å². The number of ether oxygens (including phenoxy) is 1. The Morgan fingerprint density at radius 1 is 1.38 bits per heavy atom. The first-order valence-electron chi connectivity index (χ1n) is 7.74. The maximum absolute atomic E-state index is 11.7. The maximum atomic E-state index is 11.7. The van der Waals surface area contributed by atoms with E-state index < -0.39 is 46.4 Å². The minimum absolute atomic E-state index is 0.104. The molecule has 1 fully saturated rings. The summed E-state index contributed by atoms with van der Waals surface area (Å²) in [7, 11) is -5.44. The summed E-state index contributed by atoms with van der Waals surface area (Å²) < 4.78 is 37.3. The lowest BCUT2D eigenvalue weighted by atomic mass is 10.1. The first-order valence-corrected chi connectivity index (χ1v) is 12.0. The van der Waals surface area contributed by atoms with Crippen LogP contribution in [0.3, 0.4) is 0 Å². The van der Waals surface area contributed by atoms with Gasteiger partial charge in [-0.1, -0.05) is 11.8 Å². The van der Waals surface area contributed by atoms with Crippen molar-refractivity contribution in [2.24, 2.45) is 0 Å². The Bertz CT molecular complexity index is 1000. The molecule has 3 rings (SSSR count). The number of phosphoric acid groups is 1. The van der Waals surface area contributed by atoms with E-state index in [2.05, 4.69) is 23.8 Å². The standard InChI is InChI=1S/C11H16BN5O9P2S/c1-29-11-15-8(13)5-9(16-11)17(3-14-5)10-7(19)6(18)4(25-10)2-24-27(12,20)26-28(21,22)23/h3-4,6-7,10,18-19H,2H2,1H3,(H2,13,15,16)(H2,21,22,23)/q-1/p-2/t4-,6-,7-,10-,27-/m1/s1. The number of imidazole rings is 1.